The predicted octanol–water partition coefficient (Wildman–Crippen LogP) is 4.78. The van der Waals surface area contributed by atoms with Crippen molar-refractivity contribution in [3.63, 3.8) is 0 Å². The Morgan fingerprint density at radius 1 is 1.38 bits per heavy atom. The van der Waals surface area contributed by atoms with Gasteiger partial charge < -0.3 is 4.98 Å². The highest BCUT2D eigenvalue weighted by molar-refractivity contribution is 7.96. The summed E-state index contributed by atoms with van der Waals surface area (Å²) in [6, 6.07) is 7.33. The second-order valence-corrected chi connectivity index (χ2v) is 8.68. The van der Waals surface area contributed by atoms with Crippen molar-refractivity contribution >= 4 is 28.6 Å². The average molecular weight is 371 g/mol. The van der Waals surface area contributed by atoms with Crippen molar-refractivity contribution in [1.29, 1.82) is 0 Å². The predicted molar refractivity (Wildman–Crippen MR) is 111 cm³/mol. The normalized spacial score (nSPS) is 26.7. The zero-order valence-corrected chi connectivity index (χ0v) is 16.8. The number of nitrogens with zero attached hydrogens (tertiary/aromatic N) is 1. The lowest BCUT2D eigenvalue weighted by Gasteiger charge is -2.47. The molecule has 3 nitrogen and oxygen atoms in total. The number of carbonyl (C=O) groups excluding carboxylic acids is 1. The van der Waals surface area contributed by atoms with Gasteiger partial charge in [-0.05, 0) is 61.8 Å². The maximum Gasteiger partial charge on any atom is 0.188 e. The van der Waals surface area contributed by atoms with Crippen LogP contribution in [0.4, 0.5) is 0 Å². The lowest BCUT2D eigenvalue weighted by atomic mass is 9.70. The molecule has 2 aliphatic rings. The molecule has 4 heteroatoms. The summed E-state index contributed by atoms with van der Waals surface area (Å²) in [7, 11) is 0. The van der Waals surface area contributed by atoms with Gasteiger partial charge in [0.25, 0.3) is 0 Å². The molecule has 0 saturated carbocycles. The van der Waals surface area contributed by atoms with E-state index in [1.54, 1.807) is 0 Å². The van der Waals surface area contributed by atoms with Crippen molar-refractivity contribution in [1.82, 2.24) is 9.88 Å². The zero-order valence-electron chi connectivity index (χ0n) is 15.9. The Kier molecular flexibility index (Phi) is 5.15. The number of rotatable bonds is 6. The number of benzene rings is 1. The number of nitrogens with one attached hydrogen (secondary N) is 1. The average Bonchev–Trinajstić information content (AvgIpc) is 3.05. The summed E-state index contributed by atoms with van der Waals surface area (Å²) in [6.07, 6.45) is 7.63. The van der Waals surface area contributed by atoms with Crippen LogP contribution in [0.1, 0.15) is 56.6 Å². The van der Waals surface area contributed by atoms with Crippen LogP contribution in [-0.4, -0.2) is 34.1 Å². The number of H-pyrrole nitrogens is 1. The van der Waals surface area contributed by atoms with E-state index in [0.29, 0.717) is 17.9 Å². The molecule has 1 aliphatic heterocycles. The summed E-state index contributed by atoms with van der Waals surface area (Å²) in [5.74, 6) is 1.27. The van der Waals surface area contributed by atoms with E-state index in [0.717, 1.165) is 32.4 Å². The molecule has 1 aromatic heterocycles. The highest BCUT2D eigenvalue weighted by Crippen LogP contribution is 2.46. The third kappa shape index (κ3) is 3.11. The van der Waals surface area contributed by atoms with Crippen molar-refractivity contribution in [2.75, 3.05) is 13.1 Å². The van der Waals surface area contributed by atoms with Crippen molar-refractivity contribution in [2.45, 2.75) is 57.9 Å². The minimum atomic E-state index is 0.0651. The molecule has 1 aromatic carbocycles. The summed E-state index contributed by atoms with van der Waals surface area (Å²) in [6.45, 7) is 6.67. The van der Waals surface area contributed by atoms with Gasteiger partial charge in [0.1, 0.15) is 0 Å². The molecule has 2 heterocycles. The Labute approximate surface area is 161 Å². The monoisotopic (exact) mass is 370 g/mol. The second-order valence-electron chi connectivity index (χ2n) is 8.24. The Hall–Kier alpha value is -1.26. The first-order valence-electron chi connectivity index (χ1n) is 10.2. The van der Waals surface area contributed by atoms with Crippen LogP contribution in [0.5, 0.6) is 0 Å². The molecule has 1 fully saturated rings. The van der Waals surface area contributed by atoms with E-state index in [1.165, 1.54) is 34.9 Å². The fraction of sp³-hybridized carbons (Fsp3) is 0.591. The fourth-order valence-electron chi connectivity index (χ4n) is 5.46. The van der Waals surface area contributed by atoms with Gasteiger partial charge in [0.05, 0.1) is 0 Å². The Morgan fingerprint density at radius 2 is 2.23 bits per heavy atom. The van der Waals surface area contributed by atoms with E-state index in [9.17, 15) is 4.79 Å². The van der Waals surface area contributed by atoms with Crippen LogP contribution in [0, 0.1) is 11.8 Å². The SMILES string of the molecule is CCCN1CC(CC(CC)C(=O)S)C[C@@H]2c3cccc4[nH]cc(c34)C[C@H]21. The summed E-state index contributed by atoms with van der Waals surface area (Å²) in [5.41, 5.74) is 4.27. The van der Waals surface area contributed by atoms with Crippen LogP contribution < -0.4 is 0 Å². The second kappa shape index (κ2) is 7.40. The van der Waals surface area contributed by atoms with E-state index in [4.69, 9.17) is 0 Å². The molecular formula is C22H30N2OS. The van der Waals surface area contributed by atoms with Crippen molar-refractivity contribution in [2.24, 2.45) is 11.8 Å². The molecule has 4 atom stereocenters. The minimum Gasteiger partial charge on any atom is -0.361 e. The van der Waals surface area contributed by atoms with E-state index < -0.39 is 0 Å². The first kappa shape index (κ1) is 18.1. The van der Waals surface area contributed by atoms with E-state index in [2.05, 4.69) is 60.8 Å². The third-order valence-corrected chi connectivity index (χ3v) is 7.00. The molecule has 140 valence electrons. The molecule has 2 aromatic rings. The topological polar surface area (TPSA) is 36.1 Å². The van der Waals surface area contributed by atoms with E-state index in [1.807, 2.05) is 0 Å². The number of hydrogen-bond acceptors (Lipinski definition) is 2. The quantitative estimate of drug-likeness (QED) is 0.718. The number of fused-ring (bicyclic) bond motifs is 2. The number of likely N-dealkylation sites (tertiary alicyclic amines) is 1. The van der Waals surface area contributed by atoms with Gasteiger partial charge in [0, 0.05) is 41.5 Å². The third-order valence-electron chi connectivity index (χ3n) is 6.63. The molecule has 2 unspecified atom stereocenters. The van der Waals surface area contributed by atoms with Gasteiger partial charge in [0.15, 0.2) is 5.12 Å². The first-order chi connectivity index (χ1) is 12.6. The molecule has 1 N–H and O–H groups in total. The van der Waals surface area contributed by atoms with Crippen molar-refractivity contribution in [3.8, 4) is 0 Å². The van der Waals surface area contributed by atoms with Crippen LogP contribution in [0.25, 0.3) is 10.9 Å². The van der Waals surface area contributed by atoms with Gasteiger partial charge in [-0.1, -0.05) is 26.0 Å². The number of carbonyl (C=O) groups is 1. The smallest absolute Gasteiger partial charge is 0.188 e. The molecule has 0 spiro atoms. The van der Waals surface area contributed by atoms with E-state index >= 15 is 0 Å². The Morgan fingerprint density at radius 3 is 2.96 bits per heavy atom. The maximum atomic E-state index is 11.9. The fourth-order valence-corrected chi connectivity index (χ4v) is 5.75. The molecule has 0 amide bonds. The number of thiol groups is 1. The summed E-state index contributed by atoms with van der Waals surface area (Å²) < 4.78 is 0. The summed E-state index contributed by atoms with van der Waals surface area (Å²) in [5, 5.41) is 1.53. The molecule has 0 radical (unpaired) electrons. The van der Waals surface area contributed by atoms with Crippen molar-refractivity contribution < 1.29 is 4.79 Å². The highest BCUT2D eigenvalue weighted by Gasteiger charge is 2.41. The van der Waals surface area contributed by atoms with Gasteiger partial charge in [-0.2, -0.15) is 0 Å². The van der Waals surface area contributed by atoms with Crippen LogP contribution in [0.3, 0.4) is 0 Å². The summed E-state index contributed by atoms with van der Waals surface area (Å²) >= 11 is 4.14. The highest BCUT2D eigenvalue weighted by atomic mass is 32.1. The van der Waals surface area contributed by atoms with Gasteiger partial charge in [0.2, 0.25) is 0 Å². The van der Waals surface area contributed by atoms with Gasteiger partial charge in [-0.15, -0.1) is 12.6 Å². The Balaban J connectivity index is 1.67. The van der Waals surface area contributed by atoms with Crippen molar-refractivity contribution in [3.05, 3.63) is 35.5 Å². The van der Waals surface area contributed by atoms with Gasteiger partial charge >= 0.3 is 0 Å². The van der Waals surface area contributed by atoms with Crippen LogP contribution in [-0.2, 0) is 11.2 Å². The number of aromatic nitrogens is 1. The number of hydrogen-bond donors (Lipinski definition) is 2. The first-order valence-corrected chi connectivity index (χ1v) is 10.6. The van der Waals surface area contributed by atoms with E-state index in [-0.39, 0.29) is 11.0 Å². The Bertz CT molecular complexity index is 799. The lowest BCUT2D eigenvalue weighted by Crippen LogP contribution is -2.50. The van der Waals surface area contributed by atoms with Crippen LogP contribution in [0.15, 0.2) is 24.4 Å². The van der Waals surface area contributed by atoms with Crippen LogP contribution >= 0.6 is 12.6 Å². The molecular weight excluding hydrogens is 340 g/mol. The molecule has 4 rings (SSSR count). The molecule has 1 aliphatic carbocycles. The lowest BCUT2D eigenvalue weighted by molar-refractivity contribution is -0.115. The van der Waals surface area contributed by atoms with Gasteiger partial charge in [-0.3, -0.25) is 9.69 Å². The zero-order chi connectivity index (χ0) is 18.3. The van der Waals surface area contributed by atoms with Gasteiger partial charge in [-0.25, -0.2) is 0 Å². The largest absolute Gasteiger partial charge is 0.361 e. The minimum absolute atomic E-state index is 0.0651. The maximum absolute atomic E-state index is 11.9. The molecule has 1 saturated heterocycles. The number of piperidine rings is 1. The standard InChI is InChI=1S/C22H30N2OS/c1-3-8-24-13-14(9-15(4-2)22(25)26)10-18-17-6-5-7-19-21(17)16(12-23-19)11-20(18)24/h5-7,12,14-15,18,20,23H,3-4,8-11,13H2,1-2H3,(H,25,26)/t14?,15?,18-,20-/m1/s1. The molecule has 26 heavy (non-hydrogen) atoms. The number of aromatic amines is 1. The molecule has 0 bridgehead atoms. The van der Waals surface area contributed by atoms with Crippen LogP contribution in [0.2, 0.25) is 0 Å². The summed E-state index contributed by atoms with van der Waals surface area (Å²) in [4.78, 5) is 18.1.